The number of benzene rings is 1. The molecule has 1 aliphatic heterocycles. The quantitative estimate of drug-likeness (QED) is 0.0976. The van der Waals surface area contributed by atoms with E-state index in [0.29, 0.717) is 12.5 Å². The summed E-state index contributed by atoms with van der Waals surface area (Å²) in [4.78, 5) is 56.4. The van der Waals surface area contributed by atoms with Gasteiger partial charge in [0.1, 0.15) is 5.60 Å². The van der Waals surface area contributed by atoms with Crippen molar-refractivity contribution in [3.05, 3.63) is 35.9 Å². The topological polar surface area (TPSA) is 326 Å². The minimum absolute atomic E-state index is 0. The number of aliphatic hydroxyl groups is 4. The monoisotopic (exact) mass is 696 g/mol. The van der Waals surface area contributed by atoms with Gasteiger partial charge >= 0.3 is 29.8 Å². The van der Waals surface area contributed by atoms with Crippen LogP contribution in [0.3, 0.4) is 0 Å². The minimum atomic E-state index is -2.27. The van der Waals surface area contributed by atoms with Crippen molar-refractivity contribution < 1.29 is 80.5 Å². The van der Waals surface area contributed by atoms with Crippen LogP contribution in [-0.2, 0) is 34.3 Å². The number of hydrogen-bond donors (Lipinski definition) is 8. The highest BCUT2D eigenvalue weighted by molar-refractivity contribution is 5.83. The van der Waals surface area contributed by atoms with Crippen LogP contribution >= 0.6 is 0 Å². The molecule has 0 aliphatic carbocycles. The summed E-state index contributed by atoms with van der Waals surface area (Å²) in [5.41, 5.74) is 0.615. The number of carbonyl (C=O) groups is 5. The summed E-state index contributed by atoms with van der Waals surface area (Å²) in [6.45, 7) is 16.1. The Morgan fingerprint density at radius 3 is 1.52 bits per heavy atom. The Morgan fingerprint density at radius 1 is 0.792 bits per heavy atom. The van der Waals surface area contributed by atoms with E-state index < -0.39 is 53.9 Å². The second kappa shape index (κ2) is 23.6. The summed E-state index contributed by atoms with van der Waals surface area (Å²) in [5, 5.41) is 65.1. The number of piperidine rings is 1. The summed E-state index contributed by atoms with van der Waals surface area (Å²) in [7, 11) is 0. The van der Waals surface area contributed by atoms with E-state index >= 15 is 0 Å². The zero-order chi connectivity index (χ0) is 35.8. The lowest BCUT2D eigenvalue weighted by molar-refractivity contribution is -0.178. The summed E-state index contributed by atoms with van der Waals surface area (Å²) >= 11 is 0. The van der Waals surface area contributed by atoms with Crippen molar-refractivity contribution in [3.8, 4) is 0 Å². The fourth-order valence-corrected chi connectivity index (χ4v) is 4.71. The molecule has 0 radical (unpaired) electrons. The van der Waals surface area contributed by atoms with Crippen LogP contribution in [0.4, 0.5) is 0 Å². The zero-order valence-electron chi connectivity index (χ0n) is 27.7. The predicted octanol–water partition coefficient (Wildman–Crippen LogP) is -1.99. The molecule has 7 atom stereocenters. The summed E-state index contributed by atoms with van der Waals surface area (Å²) < 4.78 is 6.14. The van der Waals surface area contributed by atoms with Crippen LogP contribution in [0.15, 0.2) is 30.3 Å². The maximum Gasteiger partial charge on any atom is 0.335 e. The molecule has 1 saturated heterocycles. The van der Waals surface area contributed by atoms with Crippen LogP contribution in [0.1, 0.15) is 53.0 Å². The second-order valence-corrected chi connectivity index (χ2v) is 10.7. The number of hydrogen-bond acceptors (Lipinski definition) is 12. The molecule has 0 amide bonds. The largest absolute Gasteiger partial charge is 0.479 e. The first-order chi connectivity index (χ1) is 21.4. The number of carbonyl (C=O) groups excluding carboxylic acids is 1. The van der Waals surface area contributed by atoms with Crippen molar-refractivity contribution in [1.82, 2.24) is 9.80 Å². The molecule has 12 N–H and O–H groups in total. The van der Waals surface area contributed by atoms with Gasteiger partial charge in [0.15, 0.2) is 24.4 Å². The van der Waals surface area contributed by atoms with Crippen molar-refractivity contribution in [2.45, 2.75) is 83.5 Å². The Kier molecular flexibility index (Phi) is 23.9. The van der Waals surface area contributed by atoms with Gasteiger partial charge in [0, 0.05) is 44.4 Å². The number of esters is 1. The molecule has 48 heavy (non-hydrogen) atoms. The maximum atomic E-state index is 12.2. The molecule has 2 rings (SSSR count). The molecule has 1 fully saturated rings. The number of likely N-dealkylation sites (N-methyl/N-ethyl adjacent to an activating group) is 1. The number of carboxylic acids is 4. The lowest BCUT2D eigenvalue weighted by Gasteiger charge is -2.49. The van der Waals surface area contributed by atoms with E-state index in [0.717, 1.165) is 44.7 Å². The number of rotatable bonds is 14. The minimum Gasteiger partial charge on any atom is -0.479 e. The van der Waals surface area contributed by atoms with Crippen LogP contribution in [0.2, 0.25) is 0 Å². The van der Waals surface area contributed by atoms with Crippen molar-refractivity contribution in [2.24, 2.45) is 5.92 Å². The second-order valence-electron chi connectivity index (χ2n) is 10.7. The van der Waals surface area contributed by atoms with Crippen molar-refractivity contribution in [2.75, 3.05) is 32.7 Å². The average molecular weight is 697 g/mol. The fraction of sp³-hybridized carbons (Fsp3) is 0.633. The Labute approximate surface area is 278 Å². The van der Waals surface area contributed by atoms with Gasteiger partial charge in [0.2, 0.25) is 0 Å². The van der Waals surface area contributed by atoms with Crippen molar-refractivity contribution in [3.63, 3.8) is 0 Å². The summed E-state index contributed by atoms with van der Waals surface area (Å²) in [5.74, 6) is -6.92. The first-order valence-corrected chi connectivity index (χ1v) is 14.8. The molecule has 0 spiro atoms. The maximum absolute atomic E-state index is 12.2. The van der Waals surface area contributed by atoms with E-state index in [9.17, 15) is 24.0 Å². The van der Waals surface area contributed by atoms with Gasteiger partial charge in [-0.05, 0) is 25.6 Å². The van der Waals surface area contributed by atoms with Gasteiger partial charge < -0.3 is 61.4 Å². The summed E-state index contributed by atoms with van der Waals surface area (Å²) in [6.07, 6.45) is -7.80. The molecular formula is C30H52N2O16. The van der Waals surface area contributed by atoms with Gasteiger partial charge in [0.05, 0.1) is 0 Å². The Balaban J connectivity index is -0.000000765. The Morgan fingerprint density at radius 2 is 1.19 bits per heavy atom. The molecular weight excluding hydrogens is 644 g/mol. The third kappa shape index (κ3) is 15.0. The molecule has 0 aromatic heterocycles. The van der Waals surface area contributed by atoms with Gasteiger partial charge in [-0.1, -0.05) is 58.0 Å². The molecule has 278 valence electrons. The van der Waals surface area contributed by atoms with E-state index in [1.54, 1.807) is 0 Å². The number of carboxylic acid groups (broad SMARTS) is 4. The van der Waals surface area contributed by atoms with Crippen LogP contribution < -0.4 is 0 Å². The Bertz CT molecular complexity index is 1050. The van der Waals surface area contributed by atoms with Crippen LogP contribution in [0, 0.1) is 5.92 Å². The van der Waals surface area contributed by atoms with Crippen LogP contribution in [0.25, 0.3) is 0 Å². The highest BCUT2D eigenvalue weighted by Gasteiger charge is 2.47. The normalized spacial score (nSPS) is 21.1. The van der Waals surface area contributed by atoms with Gasteiger partial charge in [-0.25, -0.2) is 19.2 Å². The molecule has 1 aliphatic rings. The lowest BCUT2D eigenvalue weighted by atomic mass is 9.74. The molecule has 1 aromatic carbocycles. The number of aliphatic carboxylic acids is 4. The zero-order valence-corrected chi connectivity index (χ0v) is 27.7. The predicted molar refractivity (Wildman–Crippen MR) is 169 cm³/mol. The van der Waals surface area contributed by atoms with Gasteiger partial charge in [0.25, 0.3) is 0 Å². The van der Waals surface area contributed by atoms with E-state index in [1.807, 2.05) is 25.1 Å². The third-order valence-electron chi connectivity index (χ3n) is 7.58. The number of ether oxygens (including phenoxy) is 1. The molecule has 18 heteroatoms. The molecule has 0 saturated carbocycles. The standard InChI is InChI=1S/C22H36N2O2.2C4H6O6.2H2O/c1-6-21(25)26-22(20-12-10-9-11-13-20)16-19(5)24(17-18(22)4)15-14-23(7-2)8-3;2*5-1(3(7)8)2(6)4(9)10;;/h9-13,18-19H,6-8,14-17H2,1-5H3;2*1-2,5-6H,(H,7,8)(H,9,10);2*1H2. The molecule has 1 heterocycles. The summed E-state index contributed by atoms with van der Waals surface area (Å²) in [6, 6.07) is 10.7. The smallest absolute Gasteiger partial charge is 0.335 e. The van der Waals surface area contributed by atoms with Gasteiger partial charge in [-0.2, -0.15) is 0 Å². The SMILES string of the molecule is CCC(=O)OC1(c2ccccc2)CC(C)N(CCN(CC)CC)CC1C.O.O.O=C(O)C(O)C(O)C(=O)O.O=C(O)C(O)C(O)C(=O)O. The first kappa shape index (κ1) is 48.6. The first-order valence-electron chi connectivity index (χ1n) is 14.8. The average Bonchev–Trinajstić information content (AvgIpc) is 3.02. The van der Waals surface area contributed by atoms with Crippen LogP contribution in [0.5, 0.6) is 0 Å². The molecule has 1 aromatic rings. The van der Waals surface area contributed by atoms with E-state index in [2.05, 4.69) is 49.6 Å². The van der Waals surface area contributed by atoms with Crippen LogP contribution in [-0.4, -0.2) is 155 Å². The van der Waals surface area contributed by atoms with Gasteiger partial charge in [-0.3, -0.25) is 9.69 Å². The fourth-order valence-electron chi connectivity index (χ4n) is 4.71. The number of aliphatic hydroxyl groups excluding tert-OH is 4. The third-order valence-corrected chi connectivity index (χ3v) is 7.58. The molecule has 7 unspecified atom stereocenters. The van der Waals surface area contributed by atoms with E-state index in [-0.39, 0.29) is 22.8 Å². The molecule has 18 nitrogen and oxygen atoms in total. The molecule has 0 bridgehead atoms. The number of likely N-dealkylation sites (tertiary alicyclic amines) is 1. The number of nitrogens with zero attached hydrogens (tertiary/aromatic N) is 2. The van der Waals surface area contributed by atoms with Crippen molar-refractivity contribution >= 4 is 29.8 Å². The highest BCUT2D eigenvalue weighted by Crippen LogP contribution is 2.43. The van der Waals surface area contributed by atoms with Crippen molar-refractivity contribution in [1.29, 1.82) is 0 Å². The van der Waals surface area contributed by atoms with E-state index in [4.69, 9.17) is 45.6 Å². The Hall–Kier alpha value is -3.75. The lowest BCUT2D eigenvalue weighted by Crippen LogP contribution is -2.56. The van der Waals surface area contributed by atoms with E-state index in [1.165, 1.54) is 0 Å². The highest BCUT2D eigenvalue weighted by atomic mass is 16.6. The van der Waals surface area contributed by atoms with Gasteiger partial charge in [-0.15, -0.1) is 0 Å².